The lowest BCUT2D eigenvalue weighted by Gasteiger charge is -2.33. The monoisotopic (exact) mass is 382 g/mol. The van der Waals surface area contributed by atoms with Crippen molar-refractivity contribution in [3.05, 3.63) is 47.7 Å². The van der Waals surface area contributed by atoms with Gasteiger partial charge in [-0.05, 0) is 29.9 Å². The van der Waals surface area contributed by atoms with Crippen LogP contribution < -0.4 is 5.32 Å². The van der Waals surface area contributed by atoms with Crippen molar-refractivity contribution in [1.82, 2.24) is 14.7 Å². The van der Waals surface area contributed by atoms with Gasteiger partial charge in [-0.2, -0.15) is 5.10 Å². The lowest BCUT2D eigenvalue weighted by molar-refractivity contribution is -0.123. The second-order valence-electron chi connectivity index (χ2n) is 9.27. The number of carbonyl (C=O) groups is 1. The quantitative estimate of drug-likeness (QED) is 0.806. The van der Waals surface area contributed by atoms with Crippen LogP contribution in [0.15, 0.2) is 36.5 Å². The number of likely N-dealkylation sites (tertiary alicyclic amines) is 1. The smallest absolute Gasteiger partial charge is 0.230 e. The largest absolute Gasteiger partial charge is 0.310 e. The molecule has 1 aliphatic heterocycles. The average Bonchev–Trinajstić information content (AvgIpc) is 3.10. The van der Waals surface area contributed by atoms with Gasteiger partial charge in [0.15, 0.2) is 0 Å². The van der Waals surface area contributed by atoms with Crippen LogP contribution in [0.2, 0.25) is 0 Å². The van der Waals surface area contributed by atoms with Crippen LogP contribution >= 0.6 is 0 Å². The summed E-state index contributed by atoms with van der Waals surface area (Å²) < 4.78 is 2.00. The number of nitrogens with zero attached hydrogens (tertiary/aromatic N) is 3. The van der Waals surface area contributed by atoms with E-state index in [0.717, 1.165) is 38.3 Å². The standard InChI is InChI=1S/C23H34N4O/c1-17(2)19-8-6-18(7-9-19)16-26-14-11-20(12-15-26)27-21(10-13-24-27)25-22(28)23(3,4)5/h6-10,13,17,20H,11-12,14-16H2,1-5H3,(H,25,28). The van der Waals surface area contributed by atoms with Crippen molar-refractivity contribution in [2.45, 2.75) is 66.0 Å². The summed E-state index contributed by atoms with van der Waals surface area (Å²) in [6, 6.07) is 11.3. The van der Waals surface area contributed by atoms with Gasteiger partial charge in [0.25, 0.3) is 0 Å². The van der Waals surface area contributed by atoms with Crippen LogP contribution in [0.5, 0.6) is 0 Å². The lowest BCUT2D eigenvalue weighted by Crippen LogP contribution is -2.35. The second kappa shape index (κ2) is 8.48. The maximum atomic E-state index is 12.3. The van der Waals surface area contributed by atoms with Crippen LogP contribution in [-0.2, 0) is 11.3 Å². The molecule has 0 atom stereocenters. The number of hydrogen-bond acceptors (Lipinski definition) is 3. The van der Waals surface area contributed by atoms with Crippen LogP contribution in [-0.4, -0.2) is 33.7 Å². The van der Waals surface area contributed by atoms with Crippen molar-refractivity contribution in [2.24, 2.45) is 5.41 Å². The van der Waals surface area contributed by atoms with Crippen molar-refractivity contribution < 1.29 is 4.79 Å². The Bertz CT molecular complexity index is 778. The first-order chi connectivity index (χ1) is 13.2. The highest BCUT2D eigenvalue weighted by Gasteiger charge is 2.26. The first-order valence-electron chi connectivity index (χ1n) is 10.4. The fraction of sp³-hybridized carbons (Fsp3) is 0.565. The first-order valence-corrected chi connectivity index (χ1v) is 10.4. The predicted octanol–water partition coefficient (Wildman–Crippen LogP) is 4.83. The molecule has 1 saturated heterocycles. The summed E-state index contributed by atoms with van der Waals surface area (Å²) in [4.78, 5) is 14.8. The number of amides is 1. The summed E-state index contributed by atoms with van der Waals surface area (Å²) in [5, 5.41) is 7.53. The van der Waals surface area contributed by atoms with E-state index in [-0.39, 0.29) is 5.91 Å². The van der Waals surface area contributed by atoms with E-state index in [4.69, 9.17) is 0 Å². The average molecular weight is 383 g/mol. The highest BCUT2D eigenvalue weighted by Crippen LogP contribution is 2.27. The second-order valence-corrected chi connectivity index (χ2v) is 9.27. The minimum atomic E-state index is -0.413. The van der Waals surface area contributed by atoms with E-state index in [1.54, 1.807) is 6.20 Å². The summed E-state index contributed by atoms with van der Waals surface area (Å²) >= 11 is 0. The van der Waals surface area contributed by atoms with Gasteiger partial charge in [0.2, 0.25) is 5.91 Å². The molecule has 3 rings (SSSR count). The summed E-state index contributed by atoms with van der Waals surface area (Å²) in [5.74, 6) is 1.41. The molecular weight excluding hydrogens is 348 g/mol. The Hall–Kier alpha value is -2.14. The van der Waals surface area contributed by atoms with Gasteiger partial charge in [0.05, 0.1) is 12.2 Å². The Morgan fingerprint density at radius 3 is 2.36 bits per heavy atom. The summed E-state index contributed by atoms with van der Waals surface area (Å²) in [7, 11) is 0. The van der Waals surface area contributed by atoms with E-state index in [1.165, 1.54) is 11.1 Å². The summed E-state index contributed by atoms with van der Waals surface area (Å²) in [6.45, 7) is 13.3. The van der Waals surface area contributed by atoms with Crippen molar-refractivity contribution in [3.63, 3.8) is 0 Å². The molecule has 0 saturated carbocycles. The molecule has 0 spiro atoms. The highest BCUT2D eigenvalue weighted by atomic mass is 16.2. The maximum absolute atomic E-state index is 12.3. The van der Waals surface area contributed by atoms with Gasteiger partial charge < -0.3 is 5.32 Å². The SMILES string of the molecule is CC(C)c1ccc(CN2CCC(n3nccc3NC(=O)C(C)(C)C)CC2)cc1. The van der Waals surface area contributed by atoms with Gasteiger partial charge in [-0.25, -0.2) is 4.68 Å². The number of anilines is 1. The Labute approximate surface area is 169 Å². The van der Waals surface area contributed by atoms with Gasteiger partial charge in [-0.3, -0.25) is 9.69 Å². The van der Waals surface area contributed by atoms with E-state index in [2.05, 4.69) is 53.4 Å². The van der Waals surface area contributed by atoms with Gasteiger partial charge >= 0.3 is 0 Å². The molecular formula is C23H34N4O. The molecule has 2 heterocycles. The van der Waals surface area contributed by atoms with Crippen LogP contribution in [0.3, 0.4) is 0 Å². The predicted molar refractivity (Wildman–Crippen MR) is 114 cm³/mol. The van der Waals surface area contributed by atoms with Gasteiger partial charge in [-0.1, -0.05) is 58.9 Å². The normalized spacial score (nSPS) is 16.5. The lowest BCUT2D eigenvalue weighted by atomic mass is 9.96. The van der Waals surface area contributed by atoms with Crippen LogP contribution in [0.25, 0.3) is 0 Å². The van der Waals surface area contributed by atoms with Gasteiger partial charge in [-0.15, -0.1) is 0 Å². The molecule has 28 heavy (non-hydrogen) atoms. The summed E-state index contributed by atoms with van der Waals surface area (Å²) in [6.07, 6.45) is 3.87. The Balaban J connectivity index is 1.56. The fourth-order valence-electron chi connectivity index (χ4n) is 3.60. The van der Waals surface area contributed by atoms with Crippen LogP contribution in [0, 0.1) is 5.41 Å². The number of aromatic nitrogens is 2. The van der Waals surface area contributed by atoms with Crippen molar-refractivity contribution in [2.75, 3.05) is 18.4 Å². The zero-order valence-electron chi connectivity index (χ0n) is 17.9. The van der Waals surface area contributed by atoms with E-state index in [0.29, 0.717) is 12.0 Å². The molecule has 2 aromatic rings. The van der Waals surface area contributed by atoms with Crippen molar-refractivity contribution in [3.8, 4) is 0 Å². The van der Waals surface area contributed by atoms with E-state index in [9.17, 15) is 4.79 Å². The molecule has 0 radical (unpaired) electrons. The molecule has 1 N–H and O–H groups in total. The zero-order chi connectivity index (χ0) is 20.3. The first kappa shape index (κ1) is 20.6. The summed E-state index contributed by atoms with van der Waals surface area (Å²) in [5.41, 5.74) is 2.36. The number of nitrogens with one attached hydrogen (secondary N) is 1. The van der Waals surface area contributed by atoms with Gasteiger partial charge in [0.1, 0.15) is 5.82 Å². The number of rotatable bonds is 5. The van der Waals surface area contributed by atoms with Crippen LogP contribution in [0.4, 0.5) is 5.82 Å². The molecule has 1 amide bonds. The molecule has 0 unspecified atom stereocenters. The number of carbonyl (C=O) groups excluding carboxylic acids is 1. The molecule has 1 aromatic carbocycles. The minimum Gasteiger partial charge on any atom is -0.310 e. The van der Waals surface area contributed by atoms with E-state index in [1.807, 2.05) is 31.5 Å². The topological polar surface area (TPSA) is 50.2 Å². The molecule has 0 aliphatic carbocycles. The molecule has 152 valence electrons. The Morgan fingerprint density at radius 1 is 1.14 bits per heavy atom. The molecule has 1 aliphatic rings. The Kier molecular flexibility index (Phi) is 6.23. The van der Waals surface area contributed by atoms with Gasteiger partial charge in [0, 0.05) is 31.1 Å². The fourth-order valence-corrected chi connectivity index (χ4v) is 3.60. The third kappa shape index (κ3) is 5.02. The third-order valence-corrected chi connectivity index (χ3v) is 5.55. The van der Waals surface area contributed by atoms with Crippen molar-refractivity contribution >= 4 is 11.7 Å². The number of benzene rings is 1. The zero-order valence-corrected chi connectivity index (χ0v) is 17.9. The third-order valence-electron chi connectivity index (χ3n) is 5.55. The minimum absolute atomic E-state index is 0.0246. The van der Waals surface area contributed by atoms with E-state index >= 15 is 0 Å². The number of hydrogen-bond donors (Lipinski definition) is 1. The molecule has 5 heteroatoms. The maximum Gasteiger partial charge on any atom is 0.230 e. The molecule has 1 fully saturated rings. The molecule has 1 aromatic heterocycles. The van der Waals surface area contributed by atoms with Crippen molar-refractivity contribution in [1.29, 1.82) is 0 Å². The molecule has 0 bridgehead atoms. The Morgan fingerprint density at radius 2 is 1.79 bits per heavy atom. The molecule has 5 nitrogen and oxygen atoms in total. The number of piperidine rings is 1. The van der Waals surface area contributed by atoms with E-state index < -0.39 is 5.41 Å². The highest BCUT2D eigenvalue weighted by molar-refractivity contribution is 5.93. The van der Waals surface area contributed by atoms with Crippen LogP contribution in [0.1, 0.15) is 70.5 Å².